The Morgan fingerprint density at radius 2 is 1.50 bits per heavy atom. The molecule has 3 rings (SSSR count). The smallest absolute Gasteiger partial charge is 0.193 e. The molecule has 1 unspecified atom stereocenters. The minimum Gasteiger partial charge on any atom is -0.413 e. The van der Waals surface area contributed by atoms with E-state index in [9.17, 15) is 0 Å². The Kier molecular flexibility index (Phi) is 15.4. The van der Waals surface area contributed by atoms with E-state index in [-0.39, 0.29) is 33.3 Å². The van der Waals surface area contributed by atoms with Crippen molar-refractivity contribution in [2.75, 3.05) is 5.75 Å². The third-order valence-electron chi connectivity index (χ3n) is 14.2. The zero-order valence-electron chi connectivity index (χ0n) is 37.1. The van der Waals surface area contributed by atoms with Crippen molar-refractivity contribution >= 4 is 36.7 Å². The number of allylic oxidation sites excluding steroid dienone is 4. The topological polar surface area (TPSA) is 27.7 Å². The summed E-state index contributed by atoms with van der Waals surface area (Å²) in [5.74, 6) is 1.61. The predicted octanol–water partition coefficient (Wildman–Crippen LogP) is 14.6. The summed E-state index contributed by atoms with van der Waals surface area (Å²) in [4.78, 5) is 0. The molecule has 0 aliphatic heterocycles. The van der Waals surface area contributed by atoms with Gasteiger partial charge >= 0.3 is 0 Å². The molecule has 0 aromatic carbocycles. The normalized spacial score (nSPS) is 27.8. The van der Waals surface area contributed by atoms with Gasteiger partial charge in [0.1, 0.15) is 0 Å². The summed E-state index contributed by atoms with van der Waals surface area (Å²) in [6, 6.07) is 3.58. The van der Waals surface area contributed by atoms with Gasteiger partial charge in [0.2, 0.25) is 0 Å². The van der Waals surface area contributed by atoms with Crippen molar-refractivity contribution in [1.82, 2.24) is 0 Å². The molecule has 0 saturated heterocycles. The van der Waals surface area contributed by atoms with Crippen molar-refractivity contribution in [2.45, 2.75) is 206 Å². The van der Waals surface area contributed by atoms with Crippen LogP contribution < -0.4 is 0 Å². The third kappa shape index (κ3) is 10.9. The minimum absolute atomic E-state index is 0.0176. The Labute approximate surface area is 330 Å². The van der Waals surface area contributed by atoms with E-state index in [4.69, 9.17) is 19.9 Å². The molecule has 0 bridgehead atoms. The highest BCUT2D eigenvalue weighted by Gasteiger charge is 2.47. The number of thioether (sulfide) groups is 1. The van der Waals surface area contributed by atoms with Gasteiger partial charge in [0.15, 0.2) is 25.0 Å². The molecule has 3 aliphatic carbocycles. The molecule has 2 saturated carbocycles. The molecule has 0 heterocycles. The maximum atomic E-state index is 7.12. The molecule has 0 spiro atoms. The van der Waals surface area contributed by atoms with E-state index >= 15 is 0 Å². The number of rotatable bonds is 15. The molecule has 5 atom stereocenters. The molecular formula is C45H82O3SSi3. The van der Waals surface area contributed by atoms with Crippen molar-refractivity contribution in [3.8, 4) is 0 Å². The van der Waals surface area contributed by atoms with Crippen LogP contribution in [0.15, 0.2) is 59.3 Å². The van der Waals surface area contributed by atoms with Crippen LogP contribution in [0.5, 0.6) is 0 Å². The van der Waals surface area contributed by atoms with Gasteiger partial charge in [-0.25, -0.2) is 0 Å². The number of hydrogen-bond acceptors (Lipinski definition) is 4. The van der Waals surface area contributed by atoms with E-state index in [1.54, 1.807) is 11.1 Å². The molecule has 3 nitrogen and oxygen atoms in total. The maximum Gasteiger partial charge on any atom is 0.193 e. The first-order valence-corrected chi connectivity index (χ1v) is 30.3. The van der Waals surface area contributed by atoms with Crippen molar-refractivity contribution in [2.24, 2.45) is 11.3 Å². The van der Waals surface area contributed by atoms with E-state index in [0.717, 1.165) is 25.0 Å². The first kappa shape index (κ1) is 46.0. The summed E-state index contributed by atoms with van der Waals surface area (Å²) < 4.78 is 21.1. The molecule has 0 N–H and O–H groups in total. The van der Waals surface area contributed by atoms with Crippen LogP contribution in [0.25, 0.3) is 0 Å². The second kappa shape index (κ2) is 17.4. The monoisotopic (exact) mass is 787 g/mol. The van der Waals surface area contributed by atoms with Crippen LogP contribution >= 0.6 is 11.8 Å². The van der Waals surface area contributed by atoms with Gasteiger partial charge < -0.3 is 13.3 Å². The van der Waals surface area contributed by atoms with E-state index in [2.05, 4.69) is 158 Å². The Morgan fingerprint density at radius 3 is 2.06 bits per heavy atom. The van der Waals surface area contributed by atoms with Gasteiger partial charge in [-0.05, 0) is 130 Å². The lowest BCUT2D eigenvalue weighted by Gasteiger charge is -2.45. The highest BCUT2D eigenvalue weighted by atomic mass is 32.2. The summed E-state index contributed by atoms with van der Waals surface area (Å²) in [6.07, 6.45) is 19.2. The number of hydrogen-bond donors (Lipinski definition) is 0. The Hall–Kier alpha value is -0.419. The molecule has 7 heteroatoms. The second-order valence-corrected chi connectivity index (χ2v) is 35.9. The average Bonchev–Trinajstić information content (AvgIpc) is 3.39. The fraction of sp³-hybridized carbons (Fsp3) is 0.778. The van der Waals surface area contributed by atoms with Crippen LogP contribution in [-0.4, -0.2) is 53.8 Å². The lowest BCUT2D eigenvalue weighted by Crippen LogP contribution is -2.49. The lowest BCUT2D eigenvalue weighted by molar-refractivity contribution is 0.0969. The molecule has 3 aliphatic rings. The van der Waals surface area contributed by atoms with Gasteiger partial charge in [-0.3, -0.25) is 0 Å². The van der Waals surface area contributed by atoms with Gasteiger partial charge in [-0.15, -0.1) is 0 Å². The fourth-order valence-corrected chi connectivity index (χ4v) is 15.3. The van der Waals surface area contributed by atoms with Crippen molar-refractivity contribution in [3.63, 3.8) is 0 Å². The minimum atomic E-state index is -1.99. The Morgan fingerprint density at radius 1 is 0.923 bits per heavy atom. The number of fused-ring (bicyclic) bond motifs is 1. The highest BCUT2D eigenvalue weighted by molar-refractivity contribution is 8.00. The molecule has 0 radical (unpaired) electrons. The quantitative estimate of drug-likeness (QED) is 0.122. The summed E-state index contributed by atoms with van der Waals surface area (Å²) in [5, 5.41) is 0.831. The van der Waals surface area contributed by atoms with E-state index in [0.29, 0.717) is 11.2 Å². The second-order valence-electron chi connectivity index (χ2n) is 20.3. The van der Waals surface area contributed by atoms with E-state index in [1.165, 1.54) is 48.5 Å². The van der Waals surface area contributed by atoms with Gasteiger partial charge in [-0.2, -0.15) is 11.8 Å². The fourth-order valence-electron chi connectivity index (χ4n) is 8.43. The van der Waals surface area contributed by atoms with Crippen LogP contribution in [0.4, 0.5) is 0 Å². The van der Waals surface area contributed by atoms with Crippen LogP contribution in [-0.2, 0) is 13.3 Å². The average molecular weight is 787 g/mol. The lowest BCUT2D eigenvalue weighted by atomic mass is 9.64. The summed E-state index contributed by atoms with van der Waals surface area (Å²) in [5.41, 5.74) is 5.86. The molecule has 52 heavy (non-hydrogen) atoms. The summed E-state index contributed by atoms with van der Waals surface area (Å²) >= 11 is 2.09. The van der Waals surface area contributed by atoms with Crippen LogP contribution in [0, 0.1) is 11.3 Å². The van der Waals surface area contributed by atoms with Crippen LogP contribution in [0.1, 0.15) is 129 Å². The third-order valence-corrected chi connectivity index (χ3v) is 29.1. The molecule has 2 fully saturated rings. The van der Waals surface area contributed by atoms with Crippen molar-refractivity contribution < 1.29 is 13.3 Å². The van der Waals surface area contributed by atoms with Crippen molar-refractivity contribution in [3.05, 3.63) is 59.3 Å². The highest BCUT2D eigenvalue weighted by Crippen LogP contribution is 2.57. The largest absolute Gasteiger partial charge is 0.413 e. The van der Waals surface area contributed by atoms with Gasteiger partial charge in [0, 0.05) is 17.4 Å². The van der Waals surface area contributed by atoms with Gasteiger partial charge in [-0.1, -0.05) is 117 Å². The first-order valence-electron chi connectivity index (χ1n) is 20.9. The molecule has 0 amide bonds. The molecule has 0 aromatic rings. The first-order chi connectivity index (χ1) is 23.8. The molecular weight excluding hydrogens is 705 g/mol. The summed E-state index contributed by atoms with van der Waals surface area (Å²) in [6.45, 7) is 44.8. The molecule has 298 valence electrons. The standard InChI is InChI=1S/C45H82O3SSi3/c1-19-52(20-2,21-3)48-44(12,13)29-23-31-49-35(5)39-27-28-40-36(24-22-30-45(39,40)14)25-26-37-32-38(46-50(15,16)42(6,7)8)33-41(34(37)4)47-51(17,18)43(9,10)11/h23,25-27,29,35,38,40-41H,4,19-22,24,28,30-33H2,1-3,5-18H3/b29-23-,36-25+,37-26-/t35?,38-,40+,41+,45-/m1/s1. The zero-order valence-corrected chi connectivity index (χ0v) is 40.9. The van der Waals surface area contributed by atoms with Gasteiger partial charge in [0.05, 0.1) is 17.8 Å². The van der Waals surface area contributed by atoms with E-state index < -0.39 is 25.0 Å². The molecule has 0 aromatic heterocycles. The van der Waals surface area contributed by atoms with Crippen LogP contribution in [0.3, 0.4) is 0 Å². The maximum absolute atomic E-state index is 7.12. The Bertz CT molecular complexity index is 1350. The predicted molar refractivity (Wildman–Crippen MR) is 240 cm³/mol. The van der Waals surface area contributed by atoms with E-state index in [1.807, 2.05) is 0 Å². The SMILES string of the molecule is C=C1/C(=C\C=C2/CCC[C@]3(C)C(C(C)SC/C=C\C(C)(C)O[Si](CC)(CC)CC)=CC[C@@H]23)C[C@@H](O[Si](C)(C)C(C)(C)C)C[C@@H]1O[Si](C)(C)C(C)(C)C. The zero-order chi connectivity index (χ0) is 39.6. The van der Waals surface area contributed by atoms with Crippen molar-refractivity contribution in [1.29, 1.82) is 0 Å². The van der Waals surface area contributed by atoms with Gasteiger partial charge in [0.25, 0.3) is 0 Å². The Balaban J connectivity index is 1.79. The summed E-state index contributed by atoms with van der Waals surface area (Å²) in [7, 11) is -5.58. The van der Waals surface area contributed by atoms with Crippen LogP contribution in [0.2, 0.25) is 54.4 Å².